The summed E-state index contributed by atoms with van der Waals surface area (Å²) < 4.78 is 11.4. The molecule has 0 bridgehead atoms. The maximum Gasteiger partial charge on any atom is 0.300 e. The predicted molar refractivity (Wildman–Crippen MR) is 123 cm³/mol. The second kappa shape index (κ2) is 11.4. The van der Waals surface area contributed by atoms with E-state index in [9.17, 15) is 4.79 Å². The Kier molecular flexibility index (Phi) is 8.64. The molecule has 0 saturated heterocycles. The topological polar surface area (TPSA) is 80.0 Å². The second-order valence-corrected chi connectivity index (χ2v) is 6.56. The van der Waals surface area contributed by atoms with Crippen molar-refractivity contribution in [2.75, 3.05) is 24.6 Å². The molecule has 0 aliphatic heterocycles. The van der Waals surface area contributed by atoms with Crippen LogP contribution in [0.1, 0.15) is 29.8 Å². The Morgan fingerprint density at radius 1 is 1.06 bits per heavy atom. The number of carbonyl (C=O) groups is 2. The fraction of sp³-hybridized carbons (Fsp3) is 0.200. The molecule has 6 heteroatoms. The number of fused-ring (bicyclic) bond motifs is 1. The molecule has 1 N–H and O–H groups in total. The number of anilines is 1. The van der Waals surface area contributed by atoms with E-state index < -0.39 is 5.97 Å². The number of ether oxygens (including phenoxy) is 1. The first kappa shape index (κ1) is 23.5. The molecule has 6 nitrogen and oxygen atoms in total. The molecule has 162 valence electrons. The molecule has 31 heavy (non-hydrogen) atoms. The number of furan rings is 1. The van der Waals surface area contributed by atoms with Gasteiger partial charge >= 0.3 is 0 Å². The molecule has 0 radical (unpaired) electrons. The molecular formula is C25H27NO5. The van der Waals surface area contributed by atoms with E-state index in [4.69, 9.17) is 19.1 Å². The lowest BCUT2D eigenvalue weighted by Gasteiger charge is -2.26. The minimum Gasteiger partial charge on any atom is -0.492 e. The minimum atomic E-state index is -0.833. The summed E-state index contributed by atoms with van der Waals surface area (Å²) in [5, 5.41) is 8.22. The zero-order valence-corrected chi connectivity index (χ0v) is 17.8. The van der Waals surface area contributed by atoms with Crippen molar-refractivity contribution in [2.45, 2.75) is 13.8 Å². The van der Waals surface area contributed by atoms with Gasteiger partial charge in [-0.05, 0) is 25.1 Å². The summed E-state index contributed by atoms with van der Waals surface area (Å²) in [7, 11) is 0. The maximum atomic E-state index is 13.4. The number of ketones is 1. The largest absolute Gasteiger partial charge is 0.492 e. The van der Waals surface area contributed by atoms with Crippen LogP contribution in [-0.4, -0.2) is 36.6 Å². The Morgan fingerprint density at radius 3 is 2.32 bits per heavy atom. The van der Waals surface area contributed by atoms with Gasteiger partial charge in [-0.1, -0.05) is 36.4 Å². The Labute approximate surface area is 182 Å². The van der Waals surface area contributed by atoms with Gasteiger partial charge in [-0.25, -0.2) is 0 Å². The highest BCUT2D eigenvalue weighted by Gasteiger charge is 2.23. The molecule has 0 amide bonds. The van der Waals surface area contributed by atoms with Crippen molar-refractivity contribution in [3.8, 4) is 5.75 Å². The molecule has 0 aliphatic rings. The lowest BCUT2D eigenvalue weighted by atomic mass is 9.99. The molecule has 3 aromatic rings. The van der Waals surface area contributed by atoms with Gasteiger partial charge in [0, 0.05) is 31.0 Å². The van der Waals surface area contributed by atoms with Crippen LogP contribution in [0.25, 0.3) is 11.0 Å². The molecule has 0 saturated carbocycles. The lowest BCUT2D eigenvalue weighted by molar-refractivity contribution is -0.134. The molecule has 0 unspecified atom stereocenters. The van der Waals surface area contributed by atoms with Gasteiger partial charge in [0.05, 0.1) is 17.9 Å². The predicted octanol–water partition coefficient (Wildman–Crippen LogP) is 5.33. The van der Waals surface area contributed by atoms with Crippen LogP contribution >= 0.6 is 0 Å². The monoisotopic (exact) mass is 421 g/mol. The fourth-order valence-electron chi connectivity index (χ4n) is 3.17. The molecule has 0 aliphatic carbocycles. The SMILES string of the molecule is C=CCN(CC=C)c1c(OCC)cccc1C(=O)c1coc2ccccc12.CC(=O)O. The van der Waals surface area contributed by atoms with Gasteiger partial charge < -0.3 is 19.2 Å². The normalized spacial score (nSPS) is 10.0. The smallest absolute Gasteiger partial charge is 0.300 e. The average Bonchev–Trinajstić information content (AvgIpc) is 3.17. The Hall–Kier alpha value is -3.80. The molecule has 1 aromatic heterocycles. The number of para-hydroxylation sites is 2. The number of nitrogens with zero attached hydrogens (tertiary/aromatic N) is 1. The van der Waals surface area contributed by atoms with Crippen molar-refractivity contribution in [3.63, 3.8) is 0 Å². The molecular weight excluding hydrogens is 394 g/mol. The van der Waals surface area contributed by atoms with Crippen LogP contribution in [0.3, 0.4) is 0 Å². The summed E-state index contributed by atoms with van der Waals surface area (Å²) >= 11 is 0. The van der Waals surface area contributed by atoms with E-state index in [1.165, 1.54) is 6.26 Å². The maximum absolute atomic E-state index is 13.4. The van der Waals surface area contributed by atoms with Gasteiger partial charge in [0.1, 0.15) is 17.6 Å². The van der Waals surface area contributed by atoms with Crippen LogP contribution in [0.4, 0.5) is 5.69 Å². The van der Waals surface area contributed by atoms with E-state index in [0.717, 1.165) is 18.0 Å². The lowest BCUT2D eigenvalue weighted by Crippen LogP contribution is -2.26. The number of rotatable bonds is 9. The van der Waals surface area contributed by atoms with Crippen molar-refractivity contribution in [1.29, 1.82) is 0 Å². The van der Waals surface area contributed by atoms with E-state index >= 15 is 0 Å². The first-order chi connectivity index (χ1) is 14.9. The fourth-order valence-corrected chi connectivity index (χ4v) is 3.17. The van der Waals surface area contributed by atoms with Gasteiger partial charge in [0.25, 0.3) is 5.97 Å². The van der Waals surface area contributed by atoms with Gasteiger partial charge in [0.15, 0.2) is 5.78 Å². The van der Waals surface area contributed by atoms with Gasteiger partial charge in [-0.15, -0.1) is 13.2 Å². The van der Waals surface area contributed by atoms with Crippen LogP contribution in [-0.2, 0) is 4.79 Å². The molecule has 3 rings (SSSR count). The second-order valence-electron chi connectivity index (χ2n) is 6.56. The number of benzene rings is 2. The van der Waals surface area contributed by atoms with Crippen molar-refractivity contribution in [2.24, 2.45) is 0 Å². The third-order valence-corrected chi connectivity index (χ3v) is 4.28. The van der Waals surface area contributed by atoms with E-state index in [2.05, 4.69) is 13.2 Å². The zero-order chi connectivity index (χ0) is 22.8. The standard InChI is InChI=1S/C23H23NO3.C2H4O2/c1-4-14-24(15-5-2)22-18(11-9-13-21(22)26-6-3)23(25)19-16-27-20-12-8-7-10-17(19)20;1-2(3)4/h4-5,7-13,16H,1-2,6,14-15H2,3H3;1H3,(H,3,4). The van der Waals surface area contributed by atoms with Crippen LogP contribution in [0.5, 0.6) is 5.75 Å². The van der Waals surface area contributed by atoms with Crippen molar-refractivity contribution in [1.82, 2.24) is 0 Å². The first-order valence-corrected chi connectivity index (χ1v) is 9.87. The van der Waals surface area contributed by atoms with Crippen LogP contribution in [0.2, 0.25) is 0 Å². The summed E-state index contributed by atoms with van der Waals surface area (Å²) in [5.74, 6) is -0.269. The van der Waals surface area contributed by atoms with E-state index in [1.807, 2.05) is 54.3 Å². The summed E-state index contributed by atoms with van der Waals surface area (Å²) in [5.41, 5.74) is 2.54. The summed E-state index contributed by atoms with van der Waals surface area (Å²) in [6.45, 7) is 12.3. The van der Waals surface area contributed by atoms with Crippen molar-refractivity contribution in [3.05, 3.63) is 85.2 Å². The van der Waals surface area contributed by atoms with Crippen molar-refractivity contribution >= 4 is 28.4 Å². The summed E-state index contributed by atoms with van der Waals surface area (Å²) in [6.07, 6.45) is 5.12. The van der Waals surface area contributed by atoms with Crippen LogP contribution in [0.15, 0.2) is 78.5 Å². The molecule has 0 atom stereocenters. The van der Waals surface area contributed by atoms with E-state index in [0.29, 0.717) is 42.2 Å². The average molecular weight is 421 g/mol. The quantitative estimate of drug-likeness (QED) is 0.371. The highest BCUT2D eigenvalue weighted by atomic mass is 16.5. The number of hydrogen-bond donors (Lipinski definition) is 1. The first-order valence-electron chi connectivity index (χ1n) is 9.87. The van der Waals surface area contributed by atoms with Crippen LogP contribution in [0, 0.1) is 0 Å². The number of carbonyl (C=O) groups excluding carboxylic acids is 1. The molecule has 1 heterocycles. The van der Waals surface area contributed by atoms with Crippen LogP contribution < -0.4 is 9.64 Å². The minimum absolute atomic E-state index is 0.102. The number of carboxylic acid groups (broad SMARTS) is 1. The third-order valence-electron chi connectivity index (χ3n) is 4.28. The molecule has 2 aromatic carbocycles. The van der Waals surface area contributed by atoms with E-state index in [1.54, 1.807) is 12.2 Å². The van der Waals surface area contributed by atoms with Gasteiger partial charge in [0.2, 0.25) is 0 Å². The number of hydrogen-bond acceptors (Lipinski definition) is 5. The Bertz CT molecular complexity index is 1050. The van der Waals surface area contributed by atoms with Gasteiger partial charge in [-0.2, -0.15) is 0 Å². The molecule has 0 fully saturated rings. The van der Waals surface area contributed by atoms with Gasteiger partial charge in [-0.3, -0.25) is 9.59 Å². The number of aliphatic carboxylic acids is 1. The van der Waals surface area contributed by atoms with Crippen molar-refractivity contribution < 1.29 is 23.8 Å². The number of carboxylic acids is 1. The third kappa shape index (κ3) is 5.85. The Morgan fingerprint density at radius 2 is 1.71 bits per heavy atom. The summed E-state index contributed by atoms with van der Waals surface area (Å²) in [6, 6.07) is 13.1. The van der Waals surface area contributed by atoms with E-state index in [-0.39, 0.29) is 5.78 Å². The Balaban J connectivity index is 0.000000785. The molecule has 0 spiro atoms. The zero-order valence-electron chi connectivity index (χ0n) is 17.8. The highest BCUT2D eigenvalue weighted by Crippen LogP contribution is 2.35. The summed E-state index contributed by atoms with van der Waals surface area (Å²) in [4.78, 5) is 24.4. The highest BCUT2D eigenvalue weighted by molar-refractivity contribution is 6.18.